The van der Waals surface area contributed by atoms with E-state index < -0.39 is 0 Å². The molecule has 0 saturated carbocycles. The molecule has 1 aromatic carbocycles. The summed E-state index contributed by atoms with van der Waals surface area (Å²) in [5, 5.41) is 4.65. The van der Waals surface area contributed by atoms with Crippen molar-refractivity contribution in [2.24, 2.45) is 0 Å². The SMILES string of the molecule is COCC1NNC(n2ccc3c(cnc4ncnn43)c2=O)C1c1ccccc1. The van der Waals surface area contributed by atoms with E-state index in [-0.39, 0.29) is 23.7 Å². The van der Waals surface area contributed by atoms with Crippen molar-refractivity contribution in [2.75, 3.05) is 13.7 Å². The predicted octanol–water partition coefficient (Wildman–Crippen LogP) is 0.844. The smallest absolute Gasteiger partial charge is 0.262 e. The summed E-state index contributed by atoms with van der Waals surface area (Å²) in [4.78, 5) is 21.6. The van der Waals surface area contributed by atoms with Gasteiger partial charge in [0.1, 0.15) is 12.5 Å². The summed E-state index contributed by atoms with van der Waals surface area (Å²) >= 11 is 0. The first-order valence-corrected chi connectivity index (χ1v) is 9.02. The standard InChI is InChI=1S/C19H19N7O2/c1-28-10-14-16(12-5-3-2-4-6-12)17(24-23-14)25-8-7-15-13(18(25)27)9-20-19-21-11-22-26(15)19/h2-9,11,14,16-17,23-24H,10H2,1H3. The van der Waals surface area contributed by atoms with Crippen molar-refractivity contribution in [2.45, 2.75) is 18.1 Å². The summed E-state index contributed by atoms with van der Waals surface area (Å²) in [5.74, 6) is 0.479. The number of rotatable bonds is 4. The van der Waals surface area contributed by atoms with E-state index in [1.807, 2.05) is 24.3 Å². The molecule has 28 heavy (non-hydrogen) atoms. The number of ether oxygens (including phenoxy) is 1. The Balaban J connectivity index is 1.64. The van der Waals surface area contributed by atoms with E-state index in [1.165, 1.54) is 6.33 Å². The second kappa shape index (κ2) is 6.79. The highest BCUT2D eigenvalue weighted by atomic mass is 16.5. The van der Waals surface area contributed by atoms with Crippen LogP contribution < -0.4 is 16.4 Å². The Labute approximate surface area is 160 Å². The first-order chi connectivity index (χ1) is 13.8. The minimum absolute atomic E-state index is 0.0133. The lowest BCUT2D eigenvalue weighted by Gasteiger charge is -2.25. The van der Waals surface area contributed by atoms with Gasteiger partial charge in [-0.2, -0.15) is 14.6 Å². The maximum atomic E-state index is 13.3. The van der Waals surface area contributed by atoms with Gasteiger partial charge in [0.15, 0.2) is 0 Å². The summed E-state index contributed by atoms with van der Waals surface area (Å²) in [5.41, 5.74) is 8.22. The van der Waals surface area contributed by atoms with E-state index >= 15 is 0 Å². The van der Waals surface area contributed by atoms with Crippen LogP contribution in [0.1, 0.15) is 17.6 Å². The molecular formula is C19H19N7O2. The highest BCUT2D eigenvalue weighted by Crippen LogP contribution is 2.33. The van der Waals surface area contributed by atoms with Gasteiger partial charge in [-0.25, -0.2) is 15.8 Å². The monoisotopic (exact) mass is 377 g/mol. The van der Waals surface area contributed by atoms with E-state index in [1.54, 1.807) is 28.6 Å². The van der Waals surface area contributed by atoms with Crippen LogP contribution >= 0.6 is 0 Å². The molecule has 1 aliphatic rings. The zero-order valence-electron chi connectivity index (χ0n) is 15.2. The van der Waals surface area contributed by atoms with E-state index in [0.29, 0.717) is 23.3 Å². The summed E-state index contributed by atoms with van der Waals surface area (Å²) < 4.78 is 8.66. The van der Waals surface area contributed by atoms with E-state index in [9.17, 15) is 4.79 Å². The largest absolute Gasteiger partial charge is 0.383 e. The number of benzene rings is 1. The lowest BCUT2D eigenvalue weighted by molar-refractivity contribution is 0.164. The number of hydrazine groups is 1. The van der Waals surface area contributed by atoms with Crippen LogP contribution in [-0.2, 0) is 4.74 Å². The molecule has 5 rings (SSSR count). The van der Waals surface area contributed by atoms with Gasteiger partial charge < -0.3 is 4.74 Å². The fraction of sp³-hybridized carbons (Fsp3) is 0.263. The van der Waals surface area contributed by atoms with E-state index in [0.717, 1.165) is 5.56 Å². The summed E-state index contributed by atoms with van der Waals surface area (Å²) in [6.45, 7) is 0.520. The summed E-state index contributed by atoms with van der Waals surface area (Å²) in [6.07, 6.45) is 4.50. The first kappa shape index (κ1) is 17.0. The molecule has 0 amide bonds. The molecule has 9 nitrogen and oxygen atoms in total. The number of methoxy groups -OCH3 is 1. The lowest BCUT2D eigenvalue weighted by Crippen LogP contribution is -2.36. The lowest BCUT2D eigenvalue weighted by atomic mass is 9.90. The van der Waals surface area contributed by atoms with Gasteiger partial charge in [0.25, 0.3) is 11.3 Å². The molecule has 1 fully saturated rings. The zero-order valence-corrected chi connectivity index (χ0v) is 15.2. The maximum Gasteiger partial charge on any atom is 0.262 e. The van der Waals surface area contributed by atoms with Gasteiger partial charge in [0.05, 0.1) is 23.6 Å². The number of aromatic nitrogens is 5. The van der Waals surface area contributed by atoms with Gasteiger partial charge in [0, 0.05) is 25.4 Å². The fourth-order valence-corrected chi connectivity index (χ4v) is 3.95. The van der Waals surface area contributed by atoms with Crippen molar-refractivity contribution in [3.63, 3.8) is 0 Å². The van der Waals surface area contributed by atoms with Gasteiger partial charge >= 0.3 is 0 Å². The van der Waals surface area contributed by atoms with Gasteiger partial charge in [0.2, 0.25) is 0 Å². The van der Waals surface area contributed by atoms with Crippen LogP contribution in [-0.4, -0.2) is 43.9 Å². The van der Waals surface area contributed by atoms with Crippen LogP contribution in [0.3, 0.4) is 0 Å². The minimum atomic E-state index is -0.272. The van der Waals surface area contributed by atoms with Crippen molar-refractivity contribution in [3.05, 3.63) is 71.0 Å². The highest BCUT2D eigenvalue weighted by Gasteiger charge is 2.38. The number of hydrogen-bond acceptors (Lipinski definition) is 7. The fourth-order valence-electron chi connectivity index (χ4n) is 3.95. The average Bonchev–Trinajstić information content (AvgIpc) is 3.36. The molecule has 2 N–H and O–H groups in total. The van der Waals surface area contributed by atoms with Crippen molar-refractivity contribution < 1.29 is 4.74 Å². The number of fused-ring (bicyclic) bond motifs is 3. The zero-order chi connectivity index (χ0) is 19.1. The van der Waals surface area contributed by atoms with Crippen LogP contribution in [0.5, 0.6) is 0 Å². The third-order valence-electron chi connectivity index (χ3n) is 5.22. The number of pyridine rings is 1. The maximum absolute atomic E-state index is 13.3. The topological polar surface area (TPSA) is 98.4 Å². The molecule has 3 unspecified atom stereocenters. The van der Waals surface area contributed by atoms with Gasteiger partial charge in [-0.1, -0.05) is 30.3 Å². The van der Waals surface area contributed by atoms with Crippen molar-refractivity contribution in [1.29, 1.82) is 0 Å². The van der Waals surface area contributed by atoms with Crippen LogP contribution in [0.25, 0.3) is 16.7 Å². The third-order valence-corrected chi connectivity index (χ3v) is 5.22. The van der Waals surface area contributed by atoms with Crippen molar-refractivity contribution in [1.82, 2.24) is 35.0 Å². The van der Waals surface area contributed by atoms with Gasteiger partial charge in [-0.05, 0) is 11.6 Å². The minimum Gasteiger partial charge on any atom is -0.383 e. The van der Waals surface area contributed by atoms with Crippen molar-refractivity contribution in [3.8, 4) is 0 Å². The Kier molecular flexibility index (Phi) is 4.12. The second-order valence-electron chi connectivity index (χ2n) is 6.79. The van der Waals surface area contributed by atoms with E-state index in [2.05, 4.69) is 38.1 Å². The quantitative estimate of drug-likeness (QED) is 0.544. The molecule has 0 radical (unpaired) electrons. The Bertz CT molecular complexity index is 1190. The molecule has 3 aromatic heterocycles. The molecule has 142 valence electrons. The van der Waals surface area contributed by atoms with Crippen LogP contribution in [0.2, 0.25) is 0 Å². The Morgan fingerprint density at radius 3 is 2.82 bits per heavy atom. The summed E-state index contributed by atoms with van der Waals surface area (Å²) in [7, 11) is 1.67. The molecule has 0 aliphatic carbocycles. The Morgan fingerprint density at radius 1 is 1.14 bits per heavy atom. The normalized spacial score (nSPS) is 22.2. The number of nitrogens with zero attached hydrogens (tertiary/aromatic N) is 5. The molecule has 4 aromatic rings. The van der Waals surface area contributed by atoms with Crippen LogP contribution in [0.15, 0.2) is 59.9 Å². The van der Waals surface area contributed by atoms with Crippen LogP contribution in [0, 0.1) is 0 Å². The van der Waals surface area contributed by atoms with E-state index in [4.69, 9.17) is 4.74 Å². The molecule has 1 saturated heterocycles. The Hall–Kier alpha value is -3.14. The van der Waals surface area contributed by atoms with Crippen LogP contribution in [0.4, 0.5) is 0 Å². The predicted molar refractivity (Wildman–Crippen MR) is 103 cm³/mol. The van der Waals surface area contributed by atoms with Gasteiger partial charge in [-0.15, -0.1) is 0 Å². The number of hydrogen-bond donors (Lipinski definition) is 2. The third kappa shape index (κ3) is 2.60. The Morgan fingerprint density at radius 2 is 2.00 bits per heavy atom. The molecule has 0 bridgehead atoms. The second-order valence-corrected chi connectivity index (χ2v) is 6.79. The molecule has 0 spiro atoms. The first-order valence-electron chi connectivity index (χ1n) is 9.02. The summed E-state index contributed by atoms with van der Waals surface area (Å²) in [6, 6.07) is 12.0. The molecule has 3 atom stereocenters. The molecule has 4 heterocycles. The number of nitrogens with one attached hydrogen (secondary N) is 2. The molecular weight excluding hydrogens is 358 g/mol. The van der Waals surface area contributed by atoms with Gasteiger partial charge in [-0.3, -0.25) is 9.36 Å². The van der Waals surface area contributed by atoms with Crippen molar-refractivity contribution >= 4 is 16.7 Å². The molecule has 1 aliphatic heterocycles. The average molecular weight is 377 g/mol. The highest BCUT2D eigenvalue weighted by molar-refractivity contribution is 5.78. The molecule has 9 heteroatoms.